The lowest BCUT2D eigenvalue weighted by molar-refractivity contribution is 0.544. The quantitative estimate of drug-likeness (QED) is 0.687. The van der Waals surface area contributed by atoms with E-state index in [1.807, 2.05) is 12.3 Å². The minimum atomic E-state index is 0.758. The second-order valence-electron chi connectivity index (χ2n) is 3.40. The van der Waals surface area contributed by atoms with Crippen molar-refractivity contribution in [2.45, 2.75) is 12.8 Å². The SMILES string of the molecule is C1=CC=C(C2CCSCC2)NC=C1. The van der Waals surface area contributed by atoms with Crippen LogP contribution in [0.2, 0.25) is 0 Å². The number of nitrogens with one attached hydrogen (secondary N) is 1. The van der Waals surface area contributed by atoms with E-state index >= 15 is 0 Å². The lowest BCUT2D eigenvalue weighted by Crippen LogP contribution is -2.19. The van der Waals surface area contributed by atoms with Gasteiger partial charge in [0.15, 0.2) is 0 Å². The van der Waals surface area contributed by atoms with E-state index in [9.17, 15) is 0 Å². The zero-order valence-electron chi connectivity index (χ0n) is 7.70. The van der Waals surface area contributed by atoms with Gasteiger partial charge in [0.1, 0.15) is 0 Å². The molecule has 1 nitrogen and oxygen atoms in total. The maximum Gasteiger partial charge on any atom is 0.0178 e. The van der Waals surface area contributed by atoms with Crippen molar-refractivity contribution in [3.8, 4) is 0 Å². The molecule has 1 N–H and O–H groups in total. The Labute approximate surface area is 84.0 Å². The molecule has 0 aromatic carbocycles. The minimum absolute atomic E-state index is 0.758. The van der Waals surface area contributed by atoms with Crippen molar-refractivity contribution < 1.29 is 0 Å². The predicted octanol–water partition coefficient (Wildman–Crippen LogP) is 2.69. The smallest absolute Gasteiger partial charge is 0.0178 e. The maximum atomic E-state index is 3.36. The van der Waals surface area contributed by atoms with Crippen LogP contribution in [-0.2, 0) is 0 Å². The van der Waals surface area contributed by atoms with Gasteiger partial charge in [-0.1, -0.05) is 12.2 Å². The summed E-state index contributed by atoms with van der Waals surface area (Å²) in [6.45, 7) is 0. The van der Waals surface area contributed by atoms with Gasteiger partial charge in [0.05, 0.1) is 0 Å². The van der Waals surface area contributed by atoms with Gasteiger partial charge in [0, 0.05) is 17.8 Å². The summed E-state index contributed by atoms with van der Waals surface area (Å²) < 4.78 is 0. The van der Waals surface area contributed by atoms with E-state index in [2.05, 4.69) is 35.3 Å². The molecule has 1 fully saturated rings. The Morgan fingerprint density at radius 3 is 2.85 bits per heavy atom. The molecule has 2 aliphatic heterocycles. The van der Waals surface area contributed by atoms with Gasteiger partial charge in [-0.05, 0) is 36.5 Å². The van der Waals surface area contributed by atoms with Gasteiger partial charge in [0.25, 0.3) is 0 Å². The molecule has 1 saturated heterocycles. The normalized spacial score (nSPS) is 23.5. The zero-order valence-corrected chi connectivity index (χ0v) is 8.52. The Bertz CT molecular complexity index is 247. The largest absolute Gasteiger partial charge is 0.365 e. The Balaban J connectivity index is 2.01. The van der Waals surface area contributed by atoms with E-state index in [-0.39, 0.29) is 0 Å². The molecule has 0 saturated carbocycles. The van der Waals surface area contributed by atoms with Crippen molar-refractivity contribution in [2.75, 3.05) is 11.5 Å². The summed E-state index contributed by atoms with van der Waals surface area (Å²) >= 11 is 2.08. The molecule has 0 unspecified atom stereocenters. The van der Waals surface area contributed by atoms with Crippen LogP contribution in [0.15, 0.2) is 36.2 Å². The summed E-state index contributed by atoms with van der Waals surface area (Å²) in [4.78, 5) is 0. The van der Waals surface area contributed by atoms with Gasteiger partial charge in [-0.15, -0.1) is 0 Å². The van der Waals surface area contributed by atoms with Crippen molar-refractivity contribution in [1.82, 2.24) is 5.32 Å². The number of allylic oxidation sites excluding steroid dienone is 5. The first-order valence-electron chi connectivity index (χ1n) is 4.84. The van der Waals surface area contributed by atoms with E-state index in [1.54, 1.807) is 0 Å². The molecule has 2 aliphatic rings. The van der Waals surface area contributed by atoms with Crippen LogP contribution in [0.3, 0.4) is 0 Å². The van der Waals surface area contributed by atoms with Crippen LogP contribution in [0.1, 0.15) is 12.8 Å². The van der Waals surface area contributed by atoms with E-state index in [1.165, 1.54) is 30.0 Å². The van der Waals surface area contributed by atoms with E-state index in [0.29, 0.717) is 0 Å². The lowest BCUT2D eigenvalue weighted by Gasteiger charge is -2.23. The van der Waals surface area contributed by atoms with Crippen LogP contribution in [0, 0.1) is 5.92 Å². The van der Waals surface area contributed by atoms with Gasteiger partial charge in [-0.3, -0.25) is 0 Å². The summed E-state index contributed by atoms with van der Waals surface area (Å²) in [7, 11) is 0. The topological polar surface area (TPSA) is 12.0 Å². The zero-order chi connectivity index (χ0) is 8.93. The molecule has 2 heteroatoms. The average Bonchev–Trinajstić information content (AvgIpc) is 2.47. The highest BCUT2D eigenvalue weighted by Gasteiger charge is 2.16. The van der Waals surface area contributed by atoms with E-state index < -0.39 is 0 Å². The molecule has 0 aliphatic carbocycles. The van der Waals surface area contributed by atoms with Crippen LogP contribution in [0.25, 0.3) is 0 Å². The maximum absolute atomic E-state index is 3.36. The fraction of sp³-hybridized carbons (Fsp3) is 0.455. The van der Waals surface area contributed by atoms with E-state index in [0.717, 1.165) is 5.92 Å². The fourth-order valence-electron chi connectivity index (χ4n) is 1.73. The molecule has 0 aromatic rings. The lowest BCUT2D eigenvalue weighted by atomic mass is 9.98. The summed E-state index contributed by atoms with van der Waals surface area (Å²) in [5, 5.41) is 3.36. The molecule has 0 spiro atoms. The molecule has 0 atom stereocenters. The first-order chi connectivity index (χ1) is 6.47. The molecular weight excluding hydrogens is 178 g/mol. The molecular formula is C11H15NS. The molecule has 13 heavy (non-hydrogen) atoms. The van der Waals surface area contributed by atoms with Crippen LogP contribution >= 0.6 is 11.8 Å². The Hall–Kier alpha value is -0.630. The molecule has 2 heterocycles. The molecule has 0 bridgehead atoms. The highest BCUT2D eigenvalue weighted by atomic mass is 32.2. The molecule has 0 radical (unpaired) electrons. The number of hydrogen-bond donors (Lipinski definition) is 1. The van der Waals surface area contributed by atoms with Crippen molar-refractivity contribution in [2.24, 2.45) is 5.92 Å². The van der Waals surface area contributed by atoms with Gasteiger partial charge in [0.2, 0.25) is 0 Å². The van der Waals surface area contributed by atoms with Crippen molar-refractivity contribution >= 4 is 11.8 Å². The van der Waals surface area contributed by atoms with Gasteiger partial charge in [-0.2, -0.15) is 11.8 Å². The van der Waals surface area contributed by atoms with Gasteiger partial charge in [-0.25, -0.2) is 0 Å². The van der Waals surface area contributed by atoms with Crippen LogP contribution < -0.4 is 5.32 Å². The third-order valence-corrected chi connectivity index (χ3v) is 3.55. The monoisotopic (exact) mass is 193 g/mol. The van der Waals surface area contributed by atoms with Crippen LogP contribution in [0.4, 0.5) is 0 Å². The van der Waals surface area contributed by atoms with Crippen LogP contribution in [0.5, 0.6) is 0 Å². The number of hydrogen-bond acceptors (Lipinski definition) is 2. The summed E-state index contributed by atoms with van der Waals surface area (Å²) in [6.07, 6.45) is 13.1. The highest BCUT2D eigenvalue weighted by molar-refractivity contribution is 7.99. The Morgan fingerprint density at radius 1 is 1.15 bits per heavy atom. The first kappa shape index (κ1) is 8.95. The molecule has 2 rings (SSSR count). The van der Waals surface area contributed by atoms with Crippen molar-refractivity contribution in [1.29, 1.82) is 0 Å². The second kappa shape index (κ2) is 4.56. The van der Waals surface area contributed by atoms with Crippen molar-refractivity contribution in [3.63, 3.8) is 0 Å². The van der Waals surface area contributed by atoms with Gasteiger partial charge < -0.3 is 5.32 Å². The molecule has 70 valence electrons. The Morgan fingerprint density at radius 2 is 2.00 bits per heavy atom. The fourth-order valence-corrected chi connectivity index (χ4v) is 2.84. The highest BCUT2D eigenvalue weighted by Crippen LogP contribution is 2.27. The number of thioether (sulfide) groups is 1. The Kier molecular flexibility index (Phi) is 3.14. The summed E-state index contributed by atoms with van der Waals surface area (Å²) in [5.74, 6) is 3.39. The average molecular weight is 193 g/mol. The summed E-state index contributed by atoms with van der Waals surface area (Å²) in [5.41, 5.74) is 1.39. The second-order valence-corrected chi connectivity index (χ2v) is 4.62. The summed E-state index contributed by atoms with van der Waals surface area (Å²) in [6, 6.07) is 0. The standard InChI is InChI=1S/C11H15NS/c1-2-4-11(12-7-3-1)10-5-8-13-9-6-10/h1-4,7,10,12H,5-6,8-9H2. The van der Waals surface area contributed by atoms with Crippen LogP contribution in [-0.4, -0.2) is 11.5 Å². The van der Waals surface area contributed by atoms with Gasteiger partial charge >= 0.3 is 0 Å². The third-order valence-electron chi connectivity index (χ3n) is 2.51. The van der Waals surface area contributed by atoms with Crippen molar-refractivity contribution in [3.05, 3.63) is 36.2 Å². The minimum Gasteiger partial charge on any atom is -0.365 e. The number of rotatable bonds is 1. The third kappa shape index (κ3) is 2.41. The predicted molar refractivity (Wildman–Crippen MR) is 59.5 cm³/mol. The first-order valence-corrected chi connectivity index (χ1v) is 6.00. The molecule has 0 amide bonds. The molecule has 0 aromatic heterocycles. The van der Waals surface area contributed by atoms with E-state index in [4.69, 9.17) is 0 Å².